The van der Waals surface area contributed by atoms with Gasteiger partial charge in [0.25, 0.3) is 0 Å². The monoisotopic (exact) mass is 536 g/mol. The van der Waals surface area contributed by atoms with Gasteiger partial charge in [0, 0.05) is 36.8 Å². The van der Waals surface area contributed by atoms with Crippen molar-refractivity contribution in [2.75, 3.05) is 13.1 Å². The molecule has 2 aliphatic rings. The van der Waals surface area contributed by atoms with E-state index >= 15 is 0 Å². The summed E-state index contributed by atoms with van der Waals surface area (Å²) in [5.41, 5.74) is 1.95. The highest BCUT2D eigenvalue weighted by Crippen LogP contribution is 2.40. The van der Waals surface area contributed by atoms with Crippen LogP contribution in [-0.2, 0) is 29.9 Å². The van der Waals surface area contributed by atoms with Crippen molar-refractivity contribution >= 4 is 29.3 Å². The number of hydrogen-bond donors (Lipinski definition) is 2. The van der Waals surface area contributed by atoms with E-state index < -0.39 is 0 Å². The van der Waals surface area contributed by atoms with Gasteiger partial charge in [0.15, 0.2) is 5.11 Å². The molecule has 0 bridgehead atoms. The van der Waals surface area contributed by atoms with Gasteiger partial charge < -0.3 is 20.1 Å². The van der Waals surface area contributed by atoms with Gasteiger partial charge in [-0.05, 0) is 61.9 Å². The van der Waals surface area contributed by atoms with Crippen LogP contribution in [0.2, 0.25) is 0 Å². The van der Waals surface area contributed by atoms with Crippen molar-refractivity contribution in [1.29, 1.82) is 0 Å². The van der Waals surface area contributed by atoms with E-state index in [0.717, 1.165) is 51.6 Å². The Bertz CT molecular complexity index is 1010. The van der Waals surface area contributed by atoms with Crippen molar-refractivity contribution in [3.8, 4) is 0 Å². The highest BCUT2D eigenvalue weighted by Gasteiger charge is 2.42. The molecule has 2 aliphatic heterocycles. The average molecular weight is 537 g/mol. The molecule has 0 radical (unpaired) electrons. The second-order valence-corrected chi connectivity index (χ2v) is 11.4. The van der Waals surface area contributed by atoms with Crippen LogP contribution in [0.4, 0.5) is 0 Å². The summed E-state index contributed by atoms with van der Waals surface area (Å²) in [6.07, 6.45) is 5.90. The molecule has 2 aromatic carbocycles. The highest BCUT2D eigenvalue weighted by molar-refractivity contribution is 7.80. The van der Waals surface area contributed by atoms with Crippen LogP contribution in [0.25, 0.3) is 0 Å². The Morgan fingerprint density at radius 1 is 0.763 bits per heavy atom. The summed E-state index contributed by atoms with van der Waals surface area (Å²) in [4.78, 5) is 23.7. The SMILES string of the molecule is CC(CCCNC(=S)NCCCC(C)(c1ccccc1)C1CCC(=O)O1)(c1ccccc1)C1CCC(=O)O1. The first-order chi connectivity index (χ1) is 18.3. The summed E-state index contributed by atoms with van der Waals surface area (Å²) in [5.74, 6) is -0.203. The maximum absolute atomic E-state index is 11.8. The lowest BCUT2D eigenvalue weighted by atomic mass is 9.73. The molecule has 6 nitrogen and oxygen atoms in total. The first-order valence-electron chi connectivity index (χ1n) is 13.8. The zero-order valence-corrected chi connectivity index (χ0v) is 23.4. The summed E-state index contributed by atoms with van der Waals surface area (Å²) in [6, 6.07) is 20.7. The van der Waals surface area contributed by atoms with Crippen LogP contribution in [0.5, 0.6) is 0 Å². The molecule has 4 rings (SSSR count). The number of benzene rings is 2. The van der Waals surface area contributed by atoms with E-state index in [9.17, 15) is 9.59 Å². The fourth-order valence-corrected chi connectivity index (χ4v) is 6.15. The molecule has 38 heavy (non-hydrogen) atoms. The maximum atomic E-state index is 11.8. The summed E-state index contributed by atoms with van der Waals surface area (Å²) >= 11 is 5.54. The minimum Gasteiger partial charge on any atom is -0.461 e. The quantitative estimate of drug-likeness (QED) is 0.215. The number of hydrogen-bond acceptors (Lipinski definition) is 5. The summed E-state index contributed by atoms with van der Waals surface area (Å²) in [7, 11) is 0. The number of carbonyl (C=O) groups excluding carboxylic acids is 2. The first kappa shape index (κ1) is 28.1. The van der Waals surface area contributed by atoms with Crippen LogP contribution in [0.3, 0.4) is 0 Å². The van der Waals surface area contributed by atoms with Gasteiger partial charge >= 0.3 is 11.9 Å². The summed E-state index contributed by atoms with van der Waals surface area (Å²) in [5, 5.41) is 7.32. The van der Waals surface area contributed by atoms with Gasteiger partial charge in [-0.2, -0.15) is 0 Å². The van der Waals surface area contributed by atoms with Crippen molar-refractivity contribution in [2.45, 2.75) is 88.3 Å². The van der Waals surface area contributed by atoms with Crippen LogP contribution in [0.15, 0.2) is 60.7 Å². The minimum absolute atomic E-state index is 0.0967. The standard InChI is InChI=1S/C31H40N2O4S/c1-30(23-11-5-3-6-12-23,25-15-17-27(34)36-25)19-9-21-32-29(38)33-22-10-20-31(2,24-13-7-4-8-14-24)26-16-18-28(35)37-26/h3-8,11-14,25-26H,9-10,15-22H2,1-2H3,(H2,32,33,38). The molecule has 4 atom stereocenters. The fraction of sp³-hybridized carbons (Fsp3) is 0.516. The lowest BCUT2D eigenvalue weighted by Crippen LogP contribution is -2.40. The molecule has 2 N–H and O–H groups in total. The van der Waals surface area contributed by atoms with Gasteiger partial charge in [0.1, 0.15) is 12.2 Å². The molecule has 4 unspecified atom stereocenters. The van der Waals surface area contributed by atoms with E-state index in [1.54, 1.807) is 0 Å². The third-order valence-electron chi connectivity index (χ3n) is 8.37. The molecule has 0 amide bonds. The van der Waals surface area contributed by atoms with Gasteiger partial charge in [0.2, 0.25) is 0 Å². The van der Waals surface area contributed by atoms with Crippen LogP contribution in [0.1, 0.15) is 76.3 Å². The molecule has 2 fully saturated rings. The predicted molar refractivity (Wildman–Crippen MR) is 153 cm³/mol. The lowest BCUT2D eigenvalue weighted by molar-refractivity contribution is -0.144. The Morgan fingerprint density at radius 3 is 1.50 bits per heavy atom. The molecule has 7 heteroatoms. The Kier molecular flexibility index (Phi) is 9.42. The third-order valence-corrected chi connectivity index (χ3v) is 8.66. The fourth-order valence-electron chi connectivity index (χ4n) is 5.95. The van der Waals surface area contributed by atoms with Crippen molar-refractivity contribution in [3.05, 3.63) is 71.8 Å². The van der Waals surface area contributed by atoms with Crippen molar-refractivity contribution in [3.63, 3.8) is 0 Å². The largest absolute Gasteiger partial charge is 0.461 e. The molecule has 2 heterocycles. The molecule has 2 saturated heterocycles. The Hall–Kier alpha value is -2.93. The molecule has 0 aromatic heterocycles. The number of nitrogens with one attached hydrogen (secondary N) is 2. The number of rotatable bonds is 12. The van der Waals surface area contributed by atoms with Gasteiger partial charge in [-0.1, -0.05) is 74.5 Å². The third kappa shape index (κ3) is 6.73. The molecule has 0 spiro atoms. The van der Waals surface area contributed by atoms with Crippen molar-refractivity contribution in [2.24, 2.45) is 0 Å². The predicted octanol–water partition coefficient (Wildman–Crippen LogP) is 5.34. The Morgan fingerprint density at radius 2 is 1.16 bits per heavy atom. The average Bonchev–Trinajstić information content (AvgIpc) is 3.58. The van der Waals surface area contributed by atoms with Crippen LogP contribution in [0, 0.1) is 0 Å². The molecular formula is C31H40N2O4S. The van der Waals surface area contributed by atoms with Crippen LogP contribution in [-0.4, -0.2) is 42.3 Å². The molecule has 2 aromatic rings. The number of ether oxygens (including phenoxy) is 2. The lowest BCUT2D eigenvalue weighted by Gasteiger charge is -2.35. The highest BCUT2D eigenvalue weighted by atomic mass is 32.1. The van der Waals surface area contributed by atoms with E-state index in [1.807, 2.05) is 36.4 Å². The molecule has 204 valence electrons. The van der Waals surface area contributed by atoms with Gasteiger partial charge in [-0.15, -0.1) is 0 Å². The second kappa shape index (κ2) is 12.7. The van der Waals surface area contributed by atoms with E-state index in [0.29, 0.717) is 18.0 Å². The van der Waals surface area contributed by atoms with Crippen LogP contribution < -0.4 is 10.6 Å². The molecule has 0 saturated carbocycles. The summed E-state index contributed by atoms with van der Waals surface area (Å²) < 4.78 is 11.4. The van der Waals surface area contributed by atoms with Gasteiger partial charge in [-0.25, -0.2) is 0 Å². The number of thiocarbonyl (C=S) groups is 1. The van der Waals surface area contributed by atoms with Gasteiger partial charge in [-0.3, -0.25) is 9.59 Å². The van der Waals surface area contributed by atoms with Gasteiger partial charge in [0.05, 0.1) is 0 Å². The zero-order valence-electron chi connectivity index (χ0n) is 22.5. The van der Waals surface area contributed by atoms with E-state index in [2.05, 4.69) is 48.7 Å². The number of cyclic esters (lactones) is 2. The molecule has 0 aliphatic carbocycles. The van der Waals surface area contributed by atoms with Crippen molar-refractivity contribution < 1.29 is 19.1 Å². The van der Waals surface area contributed by atoms with E-state index in [1.165, 1.54) is 11.1 Å². The number of carbonyl (C=O) groups is 2. The summed E-state index contributed by atoms with van der Waals surface area (Å²) in [6.45, 7) is 5.89. The second-order valence-electron chi connectivity index (χ2n) is 11.0. The van der Waals surface area contributed by atoms with Crippen molar-refractivity contribution in [1.82, 2.24) is 10.6 Å². The smallest absolute Gasteiger partial charge is 0.306 e. The number of esters is 2. The topological polar surface area (TPSA) is 76.7 Å². The van der Waals surface area contributed by atoms with E-state index in [4.69, 9.17) is 21.7 Å². The normalized spacial score (nSPS) is 22.2. The Labute approximate surface area is 231 Å². The minimum atomic E-state index is -0.226. The van der Waals surface area contributed by atoms with E-state index in [-0.39, 0.29) is 35.0 Å². The Balaban J connectivity index is 1.23. The molecular weight excluding hydrogens is 496 g/mol. The zero-order chi connectivity index (χ0) is 27.0. The maximum Gasteiger partial charge on any atom is 0.306 e. The first-order valence-corrected chi connectivity index (χ1v) is 14.2. The van der Waals surface area contributed by atoms with Crippen LogP contribution >= 0.6 is 12.2 Å².